The summed E-state index contributed by atoms with van der Waals surface area (Å²) in [5, 5.41) is 7.11. The van der Waals surface area contributed by atoms with Gasteiger partial charge >= 0.3 is 8.25 Å². The molecule has 1 unspecified atom stereocenters. The molecule has 4 rings (SSSR count). The van der Waals surface area contributed by atoms with Crippen molar-refractivity contribution in [2.24, 2.45) is 0 Å². The third kappa shape index (κ3) is 2.02. The highest BCUT2D eigenvalue weighted by Crippen LogP contribution is 2.36. The van der Waals surface area contributed by atoms with E-state index in [4.69, 9.17) is 9.42 Å². The van der Waals surface area contributed by atoms with Gasteiger partial charge in [0.05, 0.1) is 6.61 Å². The fourth-order valence-corrected chi connectivity index (χ4v) is 3.34. The van der Waals surface area contributed by atoms with Crippen molar-refractivity contribution in [2.45, 2.75) is 6.61 Å². The maximum atomic E-state index is 10.8. The first-order chi connectivity index (χ1) is 10.2. The van der Waals surface area contributed by atoms with E-state index in [-0.39, 0.29) is 6.61 Å². The van der Waals surface area contributed by atoms with Gasteiger partial charge in [-0.3, -0.25) is 4.57 Å². The van der Waals surface area contributed by atoms with E-state index in [2.05, 4.69) is 42.5 Å². The normalized spacial score (nSPS) is 13.4. The maximum absolute atomic E-state index is 10.8. The molecule has 1 N–H and O–H groups in total. The monoisotopic (exact) mass is 296 g/mol. The lowest BCUT2D eigenvalue weighted by atomic mass is 9.92. The van der Waals surface area contributed by atoms with E-state index in [1.807, 2.05) is 12.1 Å². The van der Waals surface area contributed by atoms with Crippen LogP contribution in [0.2, 0.25) is 0 Å². The maximum Gasteiger partial charge on any atom is 0.316 e. The van der Waals surface area contributed by atoms with E-state index in [0.717, 1.165) is 10.9 Å². The molecule has 0 aromatic heterocycles. The van der Waals surface area contributed by atoms with Crippen LogP contribution < -0.4 is 0 Å². The molecule has 0 spiro atoms. The molecular weight excluding hydrogens is 283 g/mol. The van der Waals surface area contributed by atoms with Gasteiger partial charge in [-0.1, -0.05) is 54.6 Å². The molecule has 0 bridgehead atoms. The van der Waals surface area contributed by atoms with E-state index in [9.17, 15) is 4.57 Å². The number of hydrogen-bond donors (Lipinski definition) is 1. The third-order valence-electron chi connectivity index (χ3n) is 3.97. The van der Waals surface area contributed by atoms with Crippen LogP contribution in [-0.4, -0.2) is 4.89 Å². The fourth-order valence-electron chi connectivity index (χ4n) is 3.06. The second-order valence-corrected chi connectivity index (χ2v) is 5.96. The first-order valence-corrected chi connectivity index (χ1v) is 8.01. The summed E-state index contributed by atoms with van der Waals surface area (Å²) in [6.45, 7) is 0.155. The summed E-state index contributed by atoms with van der Waals surface area (Å²) >= 11 is 0. The van der Waals surface area contributed by atoms with Gasteiger partial charge in [0, 0.05) is 0 Å². The predicted octanol–water partition coefficient (Wildman–Crippen LogP) is 4.48. The Labute approximate surface area is 122 Å². The molecule has 3 nitrogen and oxygen atoms in total. The van der Waals surface area contributed by atoms with Gasteiger partial charge in [-0.25, -0.2) is 0 Å². The fraction of sp³-hybridized carbons (Fsp3) is 0.0588. The lowest BCUT2D eigenvalue weighted by Crippen LogP contribution is -1.91. The zero-order valence-electron chi connectivity index (χ0n) is 11.2. The molecule has 1 atom stereocenters. The van der Waals surface area contributed by atoms with Crippen molar-refractivity contribution in [3.05, 3.63) is 60.2 Å². The van der Waals surface area contributed by atoms with Crippen molar-refractivity contribution < 1.29 is 14.0 Å². The Bertz CT molecular complexity index is 962. The van der Waals surface area contributed by atoms with Crippen molar-refractivity contribution in [1.82, 2.24) is 0 Å². The second kappa shape index (κ2) is 4.81. The number of hydrogen-bond acceptors (Lipinski definition) is 2. The molecule has 4 heteroatoms. The highest BCUT2D eigenvalue weighted by molar-refractivity contribution is 7.32. The van der Waals surface area contributed by atoms with E-state index in [0.29, 0.717) is 0 Å². The molecule has 0 saturated carbocycles. The van der Waals surface area contributed by atoms with Gasteiger partial charge in [-0.2, -0.15) is 0 Å². The van der Waals surface area contributed by atoms with E-state index < -0.39 is 8.25 Å². The summed E-state index contributed by atoms with van der Waals surface area (Å²) < 4.78 is 15.7. The van der Waals surface area contributed by atoms with Crippen LogP contribution in [0.4, 0.5) is 0 Å². The van der Waals surface area contributed by atoms with Crippen LogP contribution in [0.25, 0.3) is 32.3 Å². The highest BCUT2D eigenvalue weighted by Gasteiger charge is 2.10. The molecular formula is C17H13O3P. The van der Waals surface area contributed by atoms with Gasteiger partial charge in [-0.15, -0.1) is 0 Å². The predicted molar refractivity (Wildman–Crippen MR) is 86.2 cm³/mol. The Morgan fingerprint density at radius 2 is 1.48 bits per heavy atom. The van der Waals surface area contributed by atoms with Gasteiger partial charge in [-0.05, 0) is 37.9 Å². The quantitative estimate of drug-likeness (QED) is 0.448. The van der Waals surface area contributed by atoms with Crippen LogP contribution in [0.1, 0.15) is 5.56 Å². The summed E-state index contributed by atoms with van der Waals surface area (Å²) in [5.41, 5.74) is 0.938. The number of benzene rings is 4. The van der Waals surface area contributed by atoms with Gasteiger partial charge in [0.25, 0.3) is 0 Å². The molecule has 4 aromatic rings. The largest absolute Gasteiger partial charge is 0.326 e. The standard InChI is InChI=1S/C17H13O3P/c18-21(19)20-10-14-7-6-13-5-4-11-2-1-3-12-8-9-15(14)17(13)16(11)12/h1-9,21H,10H2,(H,18,19). The van der Waals surface area contributed by atoms with Crippen molar-refractivity contribution in [1.29, 1.82) is 0 Å². The van der Waals surface area contributed by atoms with Crippen LogP contribution in [0.5, 0.6) is 0 Å². The minimum Gasteiger partial charge on any atom is -0.326 e. The van der Waals surface area contributed by atoms with Crippen molar-refractivity contribution >= 4 is 40.6 Å². The summed E-state index contributed by atoms with van der Waals surface area (Å²) in [5.74, 6) is 0. The zero-order valence-corrected chi connectivity index (χ0v) is 12.2. The first-order valence-electron chi connectivity index (χ1n) is 6.75. The average Bonchev–Trinajstić information content (AvgIpc) is 2.51. The van der Waals surface area contributed by atoms with Crippen LogP contribution in [0.15, 0.2) is 54.6 Å². The molecule has 104 valence electrons. The molecule has 0 saturated heterocycles. The summed E-state index contributed by atoms with van der Waals surface area (Å²) in [4.78, 5) is 8.88. The summed E-state index contributed by atoms with van der Waals surface area (Å²) in [7, 11) is -2.91. The SMILES string of the molecule is O=[PH](O)OCc1ccc2ccc3cccc4ccc1c2c34. The summed E-state index contributed by atoms with van der Waals surface area (Å²) in [6, 6.07) is 18.7. The van der Waals surface area contributed by atoms with Crippen molar-refractivity contribution in [3.8, 4) is 0 Å². The van der Waals surface area contributed by atoms with Gasteiger partial charge in [0.1, 0.15) is 0 Å². The van der Waals surface area contributed by atoms with E-state index in [1.54, 1.807) is 0 Å². The Morgan fingerprint density at radius 3 is 2.19 bits per heavy atom. The Morgan fingerprint density at radius 1 is 0.857 bits per heavy atom. The van der Waals surface area contributed by atoms with Crippen molar-refractivity contribution in [2.75, 3.05) is 0 Å². The van der Waals surface area contributed by atoms with E-state index >= 15 is 0 Å². The molecule has 21 heavy (non-hydrogen) atoms. The third-order valence-corrected chi connectivity index (χ3v) is 4.36. The van der Waals surface area contributed by atoms with Gasteiger partial charge in [0.15, 0.2) is 0 Å². The van der Waals surface area contributed by atoms with Gasteiger partial charge < -0.3 is 9.42 Å². The van der Waals surface area contributed by atoms with Gasteiger partial charge in [0.2, 0.25) is 0 Å². The van der Waals surface area contributed by atoms with E-state index in [1.165, 1.54) is 26.9 Å². The first kappa shape index (κ1) is 12.8. The molecule has 0 amide bonds. The van der Waals surface area contributed by atoms with Crippen LogP contribution in [0, 0.1) is 0 Å². The Balaban J connectivity index is 2.08. The van der Waals surface area contributed by atoms with Crippen molar-refractivity contribution in [3.63, 3.8) is 0 Å². The minimum atomic E-state index is -2.91. The number of rotatable bonds is 3. The minimum absolute atomic E-state index is 0.155. The molecule has 0 heterocycles. The smallest absolute Gasteiger partial charge is 0.316 e. The average molecular weight is 296 g/mol. The molecule has 4 aromatic carbocycles. The highest BCUT2D eigenvalue weighted by atomic mass is 31.1. The second-order valence-electron chi connectivity index (χ2n) is 5.14. The zero-order chi connectivity index (χ0) is 14.4. The summed E-state index contributed by atoms with van der Waals surface area (Å²) in [6.07, 6.45) is 0. The topological polar surface area (TPSA) is 46.5 Å². The molecule has 0 fully saturated rings. The molecule has 0 aliphatic heterocycles. The lowest BCUT2D eigenvalue weighted by molar-refractivity contribution is 0.273. The lowest BCUT2D eigenvalue weighted by Gasteiger charge is -2.13. The van der Waals surface area contributed by atoms with Crippen LogP contribution in [0.3, 0.4) is 0 Å². The Hall–Kier alpha value is -1.93. The van der Waals surface area contributed by atoms with Crippen LogP contribution >= 0.6 is 8.25 Å². The van der Waals surface area contributed by atoms with Crippen LogP contribution in [-0.2, 0) is 15.7 Å². The molecule has 0 radical (unpaired) electrons. The molecule has 0 aliphatic carbocycles. The Kier molecular flexibility index (Phi) is 2.93. The molecule has 0 aliphatic rings.